The number of hydrogen-bond acceptors (Lipinski definition) is 6. The van der Waals surface area contributed by atoms with Crippen molar-refractivity contribution in [3.05, 3.63) is 60.0 Å². The molecule has 0 aliphatic carbocycles. The normalized spacial score (nSPS) is 13.7. The van der Waals surface area contributed by atoms with E-state index in [1.807, 2.05) is 12.1 Å². The van der Waals surface area contributed by atoms with Gasteiger partial charge in [-0.3, -0.25) is 14.4 Å². The number of carbonyl (C=O) groups is 3. The molecule has 148 valence electrons. The average molecular weight is 393 g/mol. The zero-order valence-electron chi connectivity index (χ0n) is 15.6. The molecule has 0 atom stereocenters. The van der Waals surface area contributed by atoms with Crippen molar-refractivity contribution in [1.29, 1.82) is 0 Å². The van der Waals surface area contributed by atoms with Crippen molar-refractivity contribution in [2.45, 2.75) is 19.4 Å². The van der Waals surface area contributed by atoms with Crippen LogP contribution in [0.5, 0.6) is 0 Å². The first-order chi connectivity index (χ1) is 14.1. The Morgan fingerprint density at radius 3 is 2.66 bits per heavy atom. The minimum Gasteiger partial charge on any atom is -0.454 e. The maximum atomic E-state index is 12.2. The summed E-state index contributed by atoms with van der Waals surface area (Å²) in [5, 5.41) is 2.51. The molecule has 4 rings (SSSR count). The van der Waals surface area contributed by atoms with Gasteiger partial charge in [-0.05, 0) is 42.8 Å². The van der Waals surface area contributed by atoms with Crippen LogP contribution in [0.15, 0.2) is 52.9 Å². The number of carbonyl (C=O) groups excluding carboxylic acids is 3. The second-order valence-corrected chi connectivity index (χ2v) is 6.61. The highest BCUT2D eigenvalue weighted by Gasteiger charge is 2.21. The maximum absolute atomic E-state index is 12.2. The van der Waals surface area contributed by atoms with Gasteiger partial charge in [0.05, 0.1) is 0 Å². The monoisotopic (exact) mass is 393 g/mol. The number of rotatable bonds is 6. The second-order valence-electron chi connectivity index (χ2n) is 6.61. The number of esters is 1. The Labute approximate surface area is 166 Å². The standard InChI is InChI=1S/C21H19N3O5/c25-19-6-3-11-24(19)15-9-7-14(8-10-15)21(27)22-12-20(26)28-13-18-23-16-4-1-2-5-17(16)29-18/h1-2,4-5,7-10H,3,6,11-13H2,(H,22,27). The molecule has 2 amide bonds. The number of aromatic nitrogens is 1. The summed E-state index contributed by atoms with van der Waals surface area (Å²) < 4.78 is 10.6. The molecule has 0 saturated carbocycles. The lowest BCUT2D eigenvalue weighted by atomic mass is 10.2. The van der Waals surface area contributed by atoms with Crippen LogP contribution in [-0.4, -0.2) is 35.9 Å². The number of nitrogens with one attached hydrogen (secondary N) is 1. The fourth-order valence-corrected chi connectivity index (χ4v) is 3.14. The maximum Gasteiger partial charge on any atom is 0.325 e. The quantitative estimate of drug-likeness (QED) is 0.646. The summed E-state index contributed by atoms with van der Waals surface area (Å²) >= 11 is 0. The summed E-state index contributed by atoms with van der Waals surface area (Å²) in [6.45, 7) is 0.309. The highest BCUT2D eigenvalue weighted by atomic mass is 16.5. The molecule has 1 N–H and O–H groups in total. The Morgan fingerprint density at radius 2 is 1.93 bits per heavy atom. The van der Waals surface area contributed by atoms with Crippen LogP contribution in [0.25, 0.3) is 11.1 Å². The van der Waals surface area contributed by atoms with Gasteiger partial charge in [0.2, 0.25) is 11.8 Å². The Balaban J connectivity index is 1.26. The van der Waals surface area contributed by atoms with E-state index in [4.69, 9.17) is 9.15 Å². The summed E-state index contributed by atoms with van der Waals surface area (Å²) in [6.07, 6.45) is 1.39. The van der Waals surface area contributed by atoms with Gasteiger partial charge in [-0.1, -0.05) is 12.1 Å². The van der Waals surface area contributed by atoms with E-state index in [-0.39, 0.29) is 24.9 Å². The predicted molar refractivity (Wildman–Crippen MR) is 104 cm³/mol. The summed E-state index contributed by atoms with van der Waals surface area (Å²) in [6, 6.07) is 13.9. The number of hydrogen-bond donors (Lipinski definition) is 1. The van der Waals surface area contributed by atoms with Gasteiger partial charge in [-0.2, -0.15) is 0 Å². The fourth-order valence-electron chi connectivity index (χ4n) is 3.14. The number of para-hydroxylation sites is 2. The van der Waals surface area contributed by atoms with Crippen molar-refractivity contribution in [3.63, 3.8) is 0 Å². The van der Waals surface area contributed by atoms with Crippen molar-refractivity contribution < 1.29 is 23.5 Å². The van der Waals surface area contributed by atoms with Gasteiger partial charge in [0.1, 0.15) is 12.1 Å². The smallest absolute Gasteiger partial charge is 0.325 e. The summed E-state index contributed by atoms with van der Waals surface area (Å²) in [5.74, 6) is -0.621. The van der Waals surface area contributed by atoms with Crippen molar-refractivity contribution in [1.82, 2.24) is 10.3 Å². The lowest BCUT2D eigenvalue weighted by Gasteiger charge is -2.15. The SMILES string of the molecule is O=C(CNC(=O)c1ccc(N2CCCC2=O)cc1)OCc1nc2ccccc2o1. The summed E-state index contributed by atoms with van der Waals surface area (Å²) in [7, 11) is 0. The molecular weight excluding hydrogens is 374 g/mol. The molecule has 2 heterocycles. The number of amides is 2. The van der Waals surface area contributed by atoms with Crippen LogP contribution < -0.4 is 10.2 Å². The van der Waals surface area contributed by atoms with Crippen molar-refractivity contribution in [2.75, 3.05) is 18.0 Å². The third-order valence-electron chi connectivity index (χ3n) is 4.60. The minimum atomic E-state index is -0.597. The highest BCUT2D eigenvalue weighted by Crippen LogP contribution is 2.21. The summed E-state index contributed by atoms with van der Waals surface area (Å²) in [4.78, 5) is 41.8. The Morgan fingerprint density at radius 1 is 1.14 bits per heavy atom. The molecule has 0 bridgehead atoms. The van der Waals surface area contributed by atoms with E-state index in [2.05, 4.69) is 10.3 Å². The number of benzene rings is 2. The predicted octanol–water partition coefficient (Wildman–Crippen LogP) is 2.43. The minimum absolute atomic E-state index is 0.0869. The van der Waals surface area contributed by atoms with E-state index in [0.717, 1.165) is 12.1 Å². The van der Waals surface area contributed by atoms with E-state index in [1.165, 1.54) is 0 Å². The Kier molecular flexibility index (Phi) is 5.24. The number of oxazole rings is 1. The zero-order valence-corrected chi connectivity index (χ0v) is 15.6. The molecule has 8 nitrogen and oxygen atoms in total. The van der Waals surface area contributed by atoms with Gasteiger partial charge in [-0.25, -0.2) is 4.98 Å². The van der Waals surface area contributed by atoms with Crippen LogP contribution in [0.2, 0.25) is 0 Å². The van der Waals surface area contributed by atoms with Crippen molar-refractivity contribution in [2.24, 2.45) is 0 Å². The first-order valence-corrected chi connectivity index (χ1v) is 9.29. The third-order valence-corrected chi connectivity index (χ3v) is 4.60. The number of ether oxygens (including phenoxy) is 1. The molecule has 0 spiro atoms. The Hall–Kier alpha value is -3.68. The average Bonchev–Trinajstić information content (AvgIpc) is 3.36. The molecule has 1 aromatic heterocycles. The van der Waals surface area contributed by atoms with Gasteiger partial charge in [0, 0.05) is 24.2 Å². The van der Waals surface area contributed by atoms with Crippen LogP contribution in [0, 0.1) is 0 Å². The van der Waals surface area contributed by atoms with Gasteiger partial charge >= 0.3 is 5.97 Å². The number of fused-ring (bicyclic) bond motifs is 1. The van der Waals surface area contributed by atoms with E-state index in [9.17, 15) is 14.4 Å². The first kappa shape index (κ1) is 18.7. The van der Waals surface area contributed by atoms with Gasteiger partial charge in [0.15, 0.2) is 12.2 Å². The molecule has 1 saturated heterocycles. The van der Waals surface area contributed by atoms with E-state index >= 15 is 0 Å². The summed E-state index contributed by atoms with van der Waals surface area (Å²) in [5.41, 5.74) is 2.46. The molecule has 3 aromatic rings. The van der Waals surface area contributed by atoms with Gasteiger partial charge < -0.3 is 19.4 Å². The third kappa shape index (κ3) is 4.26. The lowest BCUT2D eigenvalue weighted by molar-refractivity contribution is -0.144. The first-order valence-electron chi connectivity index (χ1n) is 9.29. The molecule has 1 aliphatic heterocycles. The van der Waals surface area contributed by atoms with Crippen molar-refractivity contribution in [3.8, 4) is 0 Å². The Bertz CT molecular complexity index is 1020. The van der Waals surface area contributed by atoms with E-state index in [1.54, 1.807) is 41.3 Å². The van der Waals surface area contributed by atoms with E-state index in [0.29, 0.717) is 29.6 Å². The number of nitrogens with zero attached hydrogens (tertiary/aromatic N) is 2. The molecule has 1 fully saturated rings. The van der Waals surface area contributed by atoms with E-state index < -0.39 is 11.9 Å². The fraction of sp³-hybridized carbons (Fsp3) is 0.238. The molecule has 8 heteroatoms. The van der Waals surface area contributed by atoms with Gasteiger partial charge in [0.25, 0.3) is 5.91 Å². The molecule has 0 radical (unpaired) electrons. The zero-order chi connectivity index (χ0) is 20.2. The molecule has 29 heavy (non-hydrogen) atoms. The van der Waals surface area contributed by atoms with Gasteiger partial charge in [-0.15, -0.1) is 0 Å². The second kappa shape index (κ2) is 8.14. The van der Waals surface area contributed by atoms with Crippen LogP contribution in [0.1, 0.15) is 29.1 Å². The molecule has 2 aromatic carbocycles. The van der Waals surface area contributed by atoms with Crippen LogP contribution in [-0.2, 0) is 20.9 Å². The molecular formula is C21H19N3O5. The topological polar surface area (TPSA) is 102 Å². The largest absolute Gasteiger partial charge is 0.454 e. The van der Waals surface area contributed by atoms with Crippen LogP contribution in [0.3, 0.4) is 0 Å². The van der Waals surface area contributed by atoms with Crippen molar-refractivity contribution >= 4 is 34.6 Å². The van der Waals surface area contributed by atoms with Crippen LogP contribution >= 0.6 is 0 Å². The highest BCUT2D eigenvalue weighted by molar-refractivity contribution is 5.98. The van der Waals surface area contributed by atoms with Crippen LogP contribution in [0.4, 0.5) is 5.69 Å². The molecule has 0 unspecified atom stereocenters. The number of anilines is 1. The lowest BCUT2D eigenvalue weighted by Crippen LogP contribution is -2.30. The molecule has 1 aliphatic rings.